The molecule has 0 aromatic carbocycles. The minimum Gasteiger partial charge on any atom is -0.384 e. The normalized spacial score (nSPS) is 30.0. The van der Waals surface area contributed by atoms with Crippen LogP contribution in [0.2, 0.25) is 0 Å². The van der Waals surface area contributed by atoms with Crippen LogP contribution in [0.15, 0.2) is 0 Å². The zero-order chi connectivity index (χ0) is 5.98. The molecule has 1 aliphatic rings. The van der Waals surface area contributed by atoms with Gasteiger partial charge in [0.2, 0.25) is 0 Å². The van der Waals surface area contributed by atoms with Crippen molar-refractivity contribution >= 4 is 0 Å². The van der Waals surface area contributed by atoms with Crippen molar-refractivity contribution in [2.24, 2.45) is 5.92 Å². The van der Waals surface area contributed by atoms with Gasteiger partial charge in [0.25, 0.3) is 0 Å². The molecule has 48 valence electrons. The van der Waals surface area contributed by atoms with Crippen LogP contribution in [0.1, 0.15) is 6.92 Å². The van der Waals surface area contributed by atoms with Gasteiger partial charge in [-0.15, -0.1) is 0 Å². The summed E-state index contributed by atoms with van der Waals surface area (Å²) in [6.07, 6.45) is 0.495. The van der Waals surface area contributed by atoms with Crippen molar-refractivity contribution < 1.29 is 9.47 Å². The number of hydrogen-bond acceptors (Lipinski definition) is 2. The maximum Gasteiger partial charge on any atom is 0.0857 e. The monoisotopic (exact) mass is 116 g/mol. The van der Waals surface area contributed by atoms with E-state index < -0.39 is 0 Å². The van der Waals surface area contributed by atoms with Crippen LogP contribution >= 0.6 is 0 Å². The molecule has 0 saturated carbocycles. The molecule has 1 heterocycles. The Hall–Kier alpha value is -0.0800. The van der Waals surface area contributed by atoms with E-state index in [4.69, 9.17) is 9.47 Å². The maximum atomic E-state index is 5.04. The van der Waals surface area contributed by atoms with E-state index in [0.29, 0.717) is 12.0 Å². The Balaban J connectivity index is 2.03. The van der Waals surface area contributed by atoms with Crippen molar-refractivity contribution in [2.75, 3.05) is 20.3 Å². The second-order valence-electron chi connectivity index (χ2n) is 2.30. The van der Waals surface area contributed by atoms with Gasteiger partial charge in [-0.05, 0) is 0 Å². The van der Waals surface area contributed by atoms with E-state index in [1.807, 2.05) is 0 Å². The molecule has 1 aliphatic heterocycles. The first-order valence-electron chi connectivity index (χ1n) is 2.95. The molecular weight excluding hydrogens is 104 g/mol. The molecule has 0 aromatic rings. The van der Waals surface area contributed by atoms with Crippen LogP contribution in [0, 0.1) is 5.92 Å². The van der Waals surface area contributed by atoms with E-state index in [0.717, 1.165) is 13.2 Å². The van der Waals surface area contributed by atoms with Gasteiger partial charge in [0.15, 0.2) is 0 Å². The highest BCUT2D eigenvalue weighted by Crippen LogP contribution is 2.19. The van der Waals surface area contributed by atoms with E-state index in [1.54, 1.807) is 7.11 Å². The molecule has 2 unspecified atom stereocenters. The summed E-state index contributed by atoms with van der Waals surface area (Å²) in [4.78, 5) is 0. The largest absolute Gasteiger partial charge is 0.384 e. The van der Waals surface area contributed by atoms with Gasteiger partial charge in [-0.1, -0.05) is 6.92 Å². The lowest BCUT2D eigenvalue weighted by Crippen LogP contribution is -2.09. The topological polar surface area (TPSA) is 21.8 Å². The molecule has 0 spiro atoms. The van der Waals surface area contributed by atoms with Gasteiger partial charge in [-0.3, -0.25) is 0 Å². The van der Waals surface area contributed by atoms with Crippen LogP contribution in [0.3, 0.4) is 0 Å². The second kappa shape index (κ2) is 2.46. The summed E-state index contributed by atoms with van der Waals surface area (Å²) < 4.78 is 9.97. The van der Waals surface area contributed by atoms with E-state index in [1.165, 1.54) is 0 Å². The Kier molecular flexibility index (Phi) is 1.86. The number of methoxy groups -OCH3 is 1. The molecule has 1 fully saturated rings. The van der Waals surface area contributed by atoms with Crippen molar-refractivity contribution in [1.29, 1.82) is 0 Å². The second-order valence-corrected chi connectivity index (χ2v) is 2.30. The van der Waals surface area contributed by atoms with Crippen LogP contribution in [-0.2, 0) is 9.47 Å². The third-order valence-electron chi connectivity index (χ3n) is 1.42. The van der Waals surface area contributed by atoms with Crippen LogP contribution < -0.4 is 0 Å². The summed E-state index contributed by atoms with van der Waals surface area (Å²) in [5.41, 5.74) is 0. The molecule has 0 bridgehead atoms. The number of epoxide rings is 1. The molecule has 2 heteroatoms. The van der Waals surface area contributed by atoms with Crippen molar-refractivity contribution in [3.05, 3.63) is 0 Å². The Labute approximate surface area is 49.8 Å². The van der Waals surface area contributed by atoms with Gasteiger partial charge < -0.3 is 9.47 Å². The van der Waals surface area contributed by atoms with Gasteiger partial charge in [0.05, 0.1) is 19.3 Å². The van der Waals surface area contributed by atoms with Gasteiger partial charge in [-0.25, -0.2) is 0 Å². The average Bonchev–Trinajstić information content (AvgIpc) is 2.45. The van der Waals surface area contributed by atoms with Gasteiger partial charge >= 0.3 is 0 Å². The summed E-state index contributed by atoms with van der Waals surface area (Å²) in [5.74, 6) is 0.583. The average molecular weight is 116 g/mol. The first kappa shape index (κ1) is 6.05. The highest BCUT2D eigenvalue weighted by atomic mass is 16.6. The maximum absolute atomic E-state index is 5.04. The van der Waals surface area contributed by atoms with Gasteiger partial charge in [-0.2, -0.15) is 0 Å². The predicted octanol–water partition coefficient (Wildman–Crippen LogP) is 0.668. The molecule has 2 nitrogen and oxygen atoms in total. The van der Waals surface area contributed by atoms with E-state index in [2.05, 4.69) is 6.92 Å². The zero-order valence-corrected chi connectivity index (χ0v) is 5.39. The Bertz CT molecular complexity index is 68.9. The van der Waals surface area contributed by atoms with Crippen LogP contribution in [0.5, 0.6) is 0 Å². The fraction of sp³-hybridized carbons (Fsp3) is 1.00. The van der Waals surface area contributed by atoms with Gasteiger partial charge in [0, 0.05) is 13.0 Å². The quantitative estimate of drug-likeness (QED) is 0.505. The van der Waals surface area contributed by atoms with Crippen molar-refractivity contribution in [3.8, 4) is 0 Å². The molecule has 8 heavy (non-hydrogen) atoms. The Morgan fingerprint density at radius 2 is 2.50 bits per heavy atom. The van der Waals surface area contributed by atoms with Crippen LogP contribution in [0.25, 0.3) is 0 Å². The number of ether oxygens (including phenoxy) is 2. The molecule has 2 atom stereocenters. The fourth-order valence-corrected chi connectivity index (χ4v) is 0.754. The van der Waals surface area contributed by atoms with Crippen molar-refractivity contribution in [3.63, 3.8) is 0 Å². The smallest absolute Gasteiger partial charge is 0.0857 e. The third kappa shape index (κ3) is 1.46. The third-order valence-corrected chi connectivity index (χ3v) is 1.42. The molecule has 0 aliphatic carbocycles. The SMILES string of the molecule is COCC(C)C1CO1. The highest BCUT2D eigenvalue weighted by molar-refractivity contribution is 4.74. The van der Waals surface area contributed by atoms with Crippen molar-refractivity contribution in [2.45, 2.75) is 13.0 Å². The minimum atomic E-state index is 0.495. The Morgan fingerprint density at radius 3 is 2.88 bits per heavy atom. The first-order chi connectivity index (χ1) is 3.84. The standard InChI is InChI=1S/C6H12O2/c1-5(3-7-2)6-4-8-6/h5-6H,3-4H2,1-2H3. The molecule has 0 amide bonds. The zero-order valence-electron chi connectivity index (χ0n) is 5.39. The predicted molar refractivity (Wildman–Crippen MR) is 30.8 cm³/mol. The fourth-order valence-electron chi connectivity index (χ4n) is 0.754. The molecule has 1 saturated heterocycles. The van der Waals surface area contributed by atoms with Crippen molar-refractivity contribution in [1.82, 2.24) is 0 Å². The summed E-state index contributed by atoms with van der Waals surface area (Å²) in [6, 6.07) is 0. The van der Waals surface area contributed by atoms with Crippen LogP contribution in [-0.4, -0.2) is 26.4 Å². The molecule has 0 radical (unpaired) electrons. The number of hydrogen-bond donors (Lipinski definition) is 0. The summed E-state index contributed by atoms with van der Waals surface area (Å²) in [5, 5.41) is 0. The summed E-state index contributed by atoms with van der Waals surface area (Å²) in [7, 11) is 1.72. The van der Waals surface area contributed by atoms with Crippen LogP contribution in [0.4, 0.5) is 0 Å². The lowest BCUT2D eigenvalue weighted by molar-refractivity contribution is 0.143. The Morgan fingerprint density at radius 1 is 1.88 bits per heavy atom. The number of rotatable bonds is 3. The van der Waals surface area contributed by atoms with Gasteiger partial charge in [0.1, 0.15) is 0 Å². The highest BCUT2D eigenvalue weighted by Gasteiger charge is 2.28. The van der Waals surface area contributed by atoms with E-state index in [-0.39, 0.29) is 0 Å². The molecule has 1 rings (SSSR count). The lowest BCUT2D eigenvalue weighted by Gasteiger charge is -2.03. The summed E-state index contributed by atoms with van der Waals surface area (Å²) in [6.45, 7) is 3.90. The molecule has 0 N–H and O–H groups in total. The lowest BCUT2D eigenvalue weighted by atomic mass is 10.1. The molecule has 0 aromatic heterocycles. The van der Waals surface area contributed by atoms with E-state index >= 15 is 0 Å². The minimum absolute atomic E-state index is 0.495. The van der Waals surface area contributed by atoms with E-state index in [9.17, 15) is 0 Å². The summed E-state index contributed by atoms with van der Waals surface area (Å²) >= 11 is 0. The first-order valence-corrected chi connectivity index (χ1v) is 2.95. The molecular formula is C6H12O2.